The smallest absolute Gasteiger partial charge is 0.247 e. The normalized spacial score (nSPS) is 24.9. The van der Waals surface area contributed by atoms with Crippen LogP contribution in [0, 0.1) is 5.39 Å². The summed E-state index contributed by atoms with van der Waals surface area (Å²) in [5.74, 6) is 0. The van der Waals surface area contributed by atoms with Crippen LogP contribution in [-0.2, 0) is 5.66 Å². The molecule has 1 atom stereocenters. The maximum atomic E-state index is 8.86. The van der Waals surface area contributed by atoms with Crippen LogP contribution in [0.5, 0.6) is 0 Å². The van der Waals surface area contributed by atoms with E-state index in [0.29, 0.717) is 6.42 Å². The molecule has 1 unspecified atom stereocenters. The number of hydrogen-bond donors (Lipinski definition) is 1. The predicted octanol–water partition coefficient (Wildman–Crippen LogP) is 2.07. The number of hydrogen-bond acceptors (Lipinski definition) is 2. The van der Waals surface area contributed by atoms with E-state index in [1.54, 1.807) is 0 Å². The van der Waals surface area contributed by atoms with Crippen LogP contribution < -0.4 is 5.73 Å². The Morgan fingerprint density at radius 1 is 1.38 bits per heavy atom. The van der Waals surface area contributed by atoms with E-state index in [4.69, 9.17) is 11.1 Å². The summed E-state index contributed by atoms with van der Waals surface area (Å²) < 4.78 is 0. The lowest BCUT2D eigenvalue weighted by atomic mass is 9.88. The van der Waals surface area contributed by atoms with Crippen molar-refractivity contribution in [2.45, 2.75) is 12.1 Å². The highest BCUT2D eigenvalue weighted by atomic mass is 15.1. The van der Waals surface area contributed by atoms with Crippen LogP contribution >= 0.6 is 0 Å². The van der Waals surface area contributed by atoms with Gasteiger partial charge in [-0.3, -0.25) is 0 Å². The first kappa shape index (κ1) is 7.96. The Hall–Kier alpha value is -1.66. The van der Waals surface area contributed by atoms with Crippen LogP contribution in [0.4, 0.5) is 0 Å². The lowest BCUT2D eigenvalue weighted by Crippen LogP contribution is -2.34. The molecule has 1 aromatic carbocycles. The molecule has 2 N–H and O–H groups in total. The first-order valence-electron chi connectivity index (χ1n) is 4.17. The SMILES string of the molecule is N#[N+]C1(N)CC=Cc2ccccc21. The van der Waals surface area contributed by atoms with Gasteiger partial charge in [0.1, 0.15) is 4.98 Å². The standard InChI is InChI=1S/C10H10N3/c11-10(13-12)7-3-5-8-4-1-2-6-9(8)10/h1-6H,7,11H2/q+1. The second-order valence-corrected chi connectivity index (χ2v) is 3.22. The van der Waals surface area contributed by atoms with Crippen molar-refractivity contribution in [1.82, 2.24) is 0 Å². The van der Waals surface area contributed by atoms with Gasteiger partial charge in [-0.2, -0.15) is 0 Å². The van der Waals surface area contributed by atoms with Gasteiger partial charge in [0.25, 0.3) is 0 Å². The average molecular weight is 172 g/mol. The Kier molecular flexibility index (Phi) is 1.64. The summed E-state index contributed by atoms with van der Waals surface area (Å²) in [7, 11) is 0. The maximum absolute atomic E-state index is 8.86. The summed E-state index contributed by atoms with van der Waals surface area (Å²) in [6.07, 6.45) is 4.45. The van der Waals surface area contributed by atoms with E-state index in [9.17, 15) is 0 Å². The molecule has 3 nitrogen and oxygen atoms in total. The van der Waals surface area contributed by atoms with Gasteiger partial charge in [-0.15, -0.1) is 0 Å². The molecule has 0 amide bonds. The molecule has 64 valence electrons. The van der Waals surface area contributed by atoms with Crippen molar-refractivity contribution in [1.29, 1.82) is 5.39 Å². The van der Waals surface area contributed by atoms with E-state index in [1.807, 2.05) is 36.4 Å². The highest BCUT2D eigenvalue weighted by Gasteiger charge is 2.43. The molecule has 0 fully saturated rings. The van der Waals surface area contributed by atoms with Crippen molar-refractivity contribution in [3.8, 4) is 0 Å². The molecule has 0 spiro atoms. The lowest BCUT2D eigenvalue weighted by Gasteiger charge is -2.15. The van der Waals surface area contributed by atoms with Gasteiger partial charge in [-0.1, -0.05) is 30.4 Å². The Balaban J connectivity index is 2.64. The number of diazo groups is 1. The monoisotopic (exact) mass is 172 g/mol. The molecule has 0 aliphatic heterocycles. The Morgan fingerprint density at radius 2 is 2.15 bits per heavy atom. The van der Waals surface area contributed by atoms with E-state index in [0.717, 1.165) is 11.1 Å². The molecule has 0 bridgehead atoms. The summed E-state index contributed by atoms with van der Waals surface area (Å²) >= 11 is 0. The number of rotatable bonds is 0. The lowest BCUT2D eigenvalue weighted by molar-refractivity contribution is 0.549. The quantitative estimate of drug-likeness (QED) is 0.609. The minimum absolute atomic E-state index is 0.542. The van der Waals surface area contributed by atoms with Gasteiger partial charge in [0, 0.05) is 0 Å². The summed E-state index contributed by atoms with van der Waals surface area (Å²) in [6.45, 7) is 0. The third-order valence-electron chi connectivity index (χ3n) is 2.33. The fourth-order valence-electron chi connectivity index (χ4n) is 1.61. The number of fused-ring (bicyclic) bond motifs is 1. The van der Waals surface area contributed by atoms with E-state index >= 15 is 0 Å². The van der Waals surface area contributed by atoms with Gasteiger partial charge in [-0.05, 0) is 11.6 Å². The number of benzene rings is 1. The second kappa shape index (κ2) is 2.68. The molecule has 13 heavy (non-hydrogen) atoms. The molecule has 0 aromatic heterocycles. The third kappa shape index (κ3) is 1.12. The molecule has 0 heterocycles. The summed E-state index contributed by atoms with van der Waals surface area (Å²) in [5.41, 5.74) is 6.85. The first-order chi connectivity index (χ1) is 6.26. The maximum Gasteiger partial charge on any atom is 0.404 e. The molecule has 0 saturated carbocycles. The van der Waals surface area contributed by atoms with Crippen molar-refractivity contribution < 1.29 is 0 Å². The summed E-state index contributed by atoms with van der Waals surface area (Å²) in [5, 5.41) is 8.86. The minimum atomic E-state index is -0.953. The van der Waals surface area contributed by atoms with Crippen LogP contribution in [0.2, 0.25) is 0 Å². The molecule has 0 radical (unpaired) electrons. The average Bonchev–Trinajstić information content (AvgIpc) is 2.19. The Labute approximate surface area is 76.5 Å². The fraction of sp³-hybridized carbons (Fsp3) is 0.200. The molecule has 1 aliphatic carbocycles. The van der Waals surface area contributed by atoms with Crippen molar-refractivity contribution in [2.75, 3.05) is 0 Å². The van der Waals surface area contributed by atoms with E-state index in [2.05, 4.69) is 4.98 Å². The van der Waals surface area contributed by atoms with Gasteiger partial charge < -0.3 is 0 Å². The zero-order valence-corrected chi connectivity index (χ0v) is 7.14. The van der Waals surface area contributed by atoms with Crippen molar-refractivity contribution in [2.24, 2.45) is 5.73 Å². The Bertz CT molecular complexity index is 403. The fourth-order valence-corrected chi connectivity index (χ4v) is 1.61. The van der Waals surface area contributed by atoms with Gasteiger partial charge >= 0.3 is 5.66 Å². The van der Waals surface area contributed by atoms with E-state index < -0.39 is 5.66 Å². The molecule has 1 aliphatic rings. The van der Waals surface area contributed by atoms with Crippen molar-refractivity contribution in [3.05, 3.63) is 46.4 Å². The summed E-state index contributed by atoms with van der Waals surface area (Å²) in [6, 6.07) is 7.67. The Morgan fingerprint density at radius 3 is 2.92 bits per heavy atom. The molecular weight excluding hydrogens is 162 g/mol. The summed E-state index contributed by atoms with van der Waals surface area (Å²) in [4.78, 5) is 3.25. The predicted molar refractivity (Wildman–Crippen MR) is 51.0 cm³/mol. The largest absolute Gasteiger partial charge is 0.404 e. The topological polar surface area (TPSA) is 54.2 Å². The molecule has 0 saturated heterocycles. The van der Waals surface area contributed by atoms with Crippen molar-refractivity contribution in [3.63, 3.8) is 0 Å². The van der Waals surface area contributed by atoms with Crippen LogP contribution in [0.1, 0.15) is 17.5 Å². The number of nitrogens with two attached hydrogens (primary N) is 1. The van der Waals surface area contributed by atoms with Crippen LogP contribution in [0.3, 0.4) is 0 Å². The molecule has 2 rings (SSSR count). The van der Waals surface area contributed by atoms with Crippen LogP contribution in [-0.4, -0.2) is 0 Å². The van der Waals surface area contributed by atoms with Gasteiger partial charge in [0.2, 0.25) is 5.39 Å². The molecular formula is C10H10N3+. The number of nitrogens with zero attached hydrogens (tertiary/aromatic N) is 2. The highest BCUT2D eigenvalue weighted by molar-refractivity contribution is 5.59. The van der Waals surface area contributed by atoms with Crippen LogP contribution in [0.15, 0.2) is 30.3 Å². The third-order valence-corrected chi connectivity index (χ3v) is 2.33. The zero-order valence-electron chi connectivity index (χ0n) is 7.14. The zero-order chi connectivity index (χ0) is 9.31. The molecule has 3 heteroatoms. The van der Waals surface area contributed by atoms with Crippen LogP contribution in [0.25, 0.3) is 11.1 Å². The second-order valence-electron chi connectivity index (χ2n) is 3.22. The highest BCUT2D eigenvalue weighted by Crippen LogP contribution is 2.32. The molecule has 1 aromatic rings. The van der Waals surface area contributed by atoms with E-state index in [1.165, 1.54) is 0 Å². The van der Waals surface area contributed by atoms with Crippen molar-refractivity contribution >= 4 is 6.08 Å². The first-order valence-corrected chi connectivity index (χ1v) is 4.17. The van der Waals surface area contributed by atoms with Gasteiger partial charge in [0.15, 0.2) is 0 Å². The van der Waals surface area contributed by atoms with Gasteiger partial charge in [-0.25, -0.2) is 5.73 Å². The minimum Gasteiger partial charge on any atom is -0.247 e. The van der Waals surface area contributed by atoms with E-state index in [-0.39, 0.29) is 0 Å². The van der Waals surface area contributed by atoms with Gasteiger partial charge in [0.05, 0.1) is 12.0 Å².